The van der Waals surface area contributed by atoms with Gasteiger partial charge in [0.15, 0.2) is 0 Å². The molecule has 0 saturated carbocycles. The number of carbonyl (C=O) groups excluding carboxylic acids is 1. The fourth-order valence-corrected chi connectivity index (χ4v) is 4.58. The minimum Gasteiger partial charge on any atom is -0.462 e. The number of ether oxygens (including phenoxy) is 1. The van der Waals surface area contributed by atoms with Gasteiger partial charge in [-0.1, -0.05) is 0 Å². The number of thiophene rings is 1. The highest BCUT2D eigenvalue weighted by atomic mass is 32.1. The molecule has 0 amide bonds. The largest absolute Gasteiger partial charge is 0.462 e. The normalized spacial score (nSPS) is 11.1. The summed E-state index contributed by atoms with van der Waals surface area (Å²) < 4.78 is 5.17. The minimum absolute atomic E-state index is 0.301. The van der Waals surface area contributed by atoms with E-state index in [2.05, 4.69) is 19.9 Å². The van der Waals surface area contributed by atoms with Gasteiger partial charge in [0.05, 0.1) is 18.5 Å². The number of anilines is 1. The van der Waals surface area contributed by atoms with Crippen LogP contribution in [0.5, 0.6) is 0 Å². The van der Waals surface area contributed by atoms with Crippen LogP contribution in [0.3, 0.4) is 0 Å². The highest BCUT2D eigenvalue weighted by Gasteiger charge is 2.22. The smallest absolute Gasteiger partial charge is 0.348 e. The molecule has 3 aromatic heterocycles. The van der Waals surface area contributed by atoms with E-state index < -0.39 is 0 Å². The topological polar surface area (TPSA) is 68.2 Å². The van der Waals surface area contributed by atoms with Gasteiger partial charge >= 0.3 is 5.97 Å². The van der Waals surface area contributed by atoms with Crippen LogP contribution < -0.4 is 4.90 Å². The van der Waals surface area contributed by atoms with Crippen LogP contribution in [0.1, 0.15) is 38.7 Å². The molecule has 25 heavy (non-hydrogen) atoms. The van der Waals surface area contributed by atoms with Crippen molar-refractivity contribution >= 4 is 44.7 Å². The second-order valence-corrected chi connectivity index (χ2v) is 7.73. The first kappa shape index (κ1) is 17.8. The lowest BCUT2D eigenvalue weighted by Crippen LogP contribution is -2.18. The van der Waals surface area contributed by atoms with Crippen LogP contribution in [0.25, 0.3) is 10.2 Å². The molecule has 0 spiro atoms. The molecule has 0 radical (unpaired) electrons. The van der Waals surface area contributed by atoms with Crippen molar-refractivity contribution in [3.63, 3.8) is 0 Å². The Morgan fingerprint density at radius 1 is 1.24 bits per heavy atom. The summed E-state index contributed by atoms with van der Waals surface area (Å²) in [7, 11) is 1.99. The van der Waals surface area contributed by atoms with E-state index in [1.807, 2.05) is 33.2 Å². The number of nitrogens with zero attached hydrogens (tertiary/aromatic N) is 4. The molecule has 3 aromatic rings. The van der Waals surface area contributed by atoms with Gasteiger partial charge < -0.3 is 9.64 Å². The summed E-state index contributed by atoms with van der Waals surface area (Å²) in [6.07, 6.45) is 0. The van der Waals surface area contributed by atoms with Gasteiger partial charge in [-0.3, -0.25) is 0 Å². The second-order valence-electron chi connectivity index (χ2n) is 5.79. The van der Waals surface area contributed by atoms with Gasteiger partial charge in [-0.2, -0.15) is 0 Å². The fourth-order valence-electron chi connectivity index (χ4n) is 2.64. The lowest BCUT2D eigenvalue weighted by atomic mass is 10.2. The molecule has 0 fully saturated rings. The van der Waals surface area contributed by atoms with E-state index in [9.17, 15) is 4.79 Å². The number of rotatable bonds is 5. The van der Waals surface area contributed by atoms with Crippen molar-refractivity contribution in [1.82, 2.24) is 15.0 Å². The molecule has 132 valence electrons. The van der Waals surface area contributed by atoms with Gasteiger partial charge in [0.1, 0.15) is 26.4 Å². The number of carbonyl (C=O) groups is 1. The Bertz CT molecular complexity index is 932. The van der Waals surface area contributed by atoms with Crippen molar-refractivity contribution < 1.29 is 9.53 Å². The Kier molecular flexibility index (Phi) is 5.01. The summed E-state index contributed by atoms with van der Waals surface area (Å²) in [4.78, 5) is 29.3. The molecule has 0 atom stereocenters. The molecule has 0 aliphatic carbocycles. The first-order chi connectivity index (χ1) is 11.9. The van der Waals surface area contributed by atoms with Crippen LogP contribution >= 0.6 is 22.7 Å². The van der Waals surface area contributed by atoms with E-state index in [1.165, 1.54) is 11.3 Å². The van der Waals surface area contributed by atoms with Gasteiger partial charge in [0.25, 0.3) is 0 Å². The summed E-state index contributed by atoms with van der Waals surface area (Å²) >= 11 is 3.00. The fraction of sp³-hybridized carbons (Fsp3) is 0.412. The van der Waals surface area contributed by atoms with Crippen LogP contribution in [0.15, 0.2) is 5.38 Å². The maximum atomic E-state index is 12.2. The predicted molar refractivity (Wildman–Crippen MR) is 102 cm³/mol. The van der Waals surface area contributed by atoms with E-state index in [4.69, 9.17) is 4.74 Å². The summed E-state index contributed by atoms with van der Waals surface area (Å²) in [5.74, 6) is 1.20. The Balaban J connectivity index is 2.06. The summed E-state index contributed by atoms with van der Waals surface area (Å²) in [5.41, 5.74) is 1.89. The summed E-state index contributed by atoms with van der Waals surface area (Å²) in [5, 5.41) is 3.98. The van der Waals surface area contributed by atoms with Crippen molar-refractivity contribution in [1.29, 1.82) is 0 Å². The molecule has 0 N–H and O–H groups in total. The van der Waals surface area contributed by atoms with Crippen molar-refractivity contribution in [3.05, 3.63) is 32.3 Å². The zero-order chi connectivity index (χ0) is 18.1. The van der Waals surface area contributed by atoms with Gasteiger partial charge in [0.2, 0.25) is 0 Å². The maximum Gasteiger partial charge on any atom is 0.348 e. The molecule has 0 aliphatic heterocycles. The van der Waals surface area contributed by atoms with Crippen molar-refractivity contribution in [2.24, 2.45) is 0 Å². The first-order valence-electron chi connectivity index (χ1n) is 7.97. The van der Waals surface area contributed by atoms with Crippen LogP contribution in [-0.4, -0.2) is 34.6 Å². The first-order valence-corrected chi connectivity index (χ1v) is 9.67. The SMILES string of the molecule is CCOC(=O)c1sc2nc(C)nc(N(C)Cc3nc(C)cs3)c2c1C. The van der Waals surface area contributed by atoms with Crippen molar-refractivity contribution in [2.75, 3.05) is 18.6 Å². The lowest BCUT2D eigenvalue weighted by Gasteiger charge is -2.18. The number of thiazole rings is 1. The lowest BCUT2D eigenvalue weighted by molar-refractivity contribution is 0.0531. The Hall–Kier alpha value is -2.06. The molecule has 6 nitrogen and oxygen atoms in total. The van der Waals surface area contributed by atoms with Gasteiger partial charge in [-0.25, -0.2) is 19.7 Å². The molecule has 3 rings (SSSR count). The number of fused-ring (bicyclic) bond motifs is 1. The predicted octanol–water partition coefficient (Wildman–Crippen LogP) is 3.89. The van der Waals surface area contributed by atoms with Gasteiger partial charge in [-0.15, -0.1) is 22.7 Å². The van der Waals surface area contributed by atoms with E-state index in [0.29, 0.717) is 23.9 Å². The third-order valence-corrected chi connectivity index (χ3v) is 5.86. The van der Waals surface area contributed by atoms with E-state index in [0.717, 1.165) is 32.3 Å². The molecule has 8 heteroatoms. The number of hydrogen-bond acceptors (Lipinski definition) is 8. The third-order valence-electron chi connectivity index (χ3n) is 3.74. The maximum absolute atomic E-state index is 12.2. The summed E-state index contributed by atoms with van der Waals surface area (Å²) in [6, 6.07) is 0. The molecular formula is C17H20N4O2S2. The van der Waals surface area contributed by atoms with Crippen LogP contribution in [0.2, 0.25) is 0 Å². The van der Waals surface area contributed by atoms with Crippen molar-refractivity contribution in [3.8, 4) is 0 Å². The Morgan fingerprint density at radius 2 is 2.00 bits per heavy atom. The van der Waals surface area contributed by atoms with Crippen LogP contribution in [0, 0.1) is 20.8 Å². The van der Waals surface area contributed by atoms with Crippen LogP contribution in [-0.2, 0) is 11.3 Å². The van der Waals surface area contributed by atoms with Gasteiger partial charge in [-0.05, 0) is 33.3 Å². The number of aromatic nitrogens is 3. The quantitative estimate of drug-likeness (QED) is 0.629. The van der Waals surface area contributed by atoms with Gasteiger partial charge in [0, 0.05) is 18.1 Å². The zero-order valence-electron chi connectivity index (χ0n) is 14.9. The van der Waals surface area contributed by atoms with E-state index in [1.54, 1.807) is 18.3 Å². The molecule has 0 saturated heterocycles. The molecule has 3 heterocycles. The van der Waals surface area contributed by atoms with Crippen molar-refractivity contribution in [2.45, 2.75) is 34.2 Å². The highest BCUT2D eigenvalue weighted by molar-refractivity contribution is 7.20. The number of esters is 1. The average molecular weight is 377 g/mol. The zero-order valence-corrected chi connectivity index (χ0v) is 16.5. The number of hydrogen-bond donors (Lipinski definition) is 0. The molecule has 0 aromatic carbocycles. The van der Waals surface area contributed by atoms with E-state index in [-0.39, 0.29) is 5.97 Å². The van der Waals surface area contributed by atoms with E-state index >= 15 is 0 Å². The molecular weight excluding hydrogens is 356 g/mol. The molecule has 0 unspecified atom stereocenters. The van der Waals surface area contributed by atoms with Crippen LogP contribution in [0.4, 0.5) is 5.82 Å². The number of aryl methyl sites for hydroxylation is 3. The standard InChI is InChI=1S/C17H20N4O2S2/c1-6-23-17(22)14-10(3)13-15(19-11(4)20-16(13)25-14)21(5)7-12-18-9(2)8-24-12/h8H,6-7H2,1-5H3. The monoisotopic (exact) mass is 376 g/mol. The summed E-state index contributed by atoms with van der Waals surface area (Å²) in [6.45, 7) is 8.60. The molecule has 0 aliphatic rings. The third kappa shape index (κ3) is 3.50. The Morgan fingerprint density at radius 3 is 2.64 bits per heavy atom. The Labute approximate surface area is 154 Å². The highest BCUT2D eigenvalue weighted by Crippen LogP contribution is 2.36. The average Bonchev–Trinajstić information content (AvgIpc) is 3.10. The minimum atomic E-state index is -0.301. The molecule has 0 bridgehead atoms. The second kappa shape index (κ2) is 7.05.